The average molecular weight is 373 g/mol. The summed E-state index contributed by atoms with van der Waals surface area (Å²) in [6.45, 7) is 3.68. The standard InChI is InChI=1S/C23H19NO4/c1-3-28-23(27)17-13(2)24-20-19(18(17)14-9-5-4-6-10-14)21(25)15-11-7-8-12-16(15)22(20)26/h4-12,18,24H,3H2,1-2H3. The van der Waals surface area contributed by atoms with Crippen molar-refractivity contribution >= 4 is 17.5 Å². The molecule has 28 heavy (non-hydrogen) atoms. The minimum Gasteiger partial charge on any atom is -0.463 e. The van der Waals surface area contributed by atoms with Crippen molar-refractivity contribution in [2.45, 2.75) is 19.8 Å². The topological polar surface area (TPSA) is 72.5 Å². The number of hydrogen-bond acceptors (Lipinski definition) is 5. The number of hydrogen-bond donors (Lipinski definition) is 1. The minimum atomic E-state index is -0.665. The maximum Gasteiger partial charge on any atom is 0.336 e. The molecule has 1 aliphatic heterocycles. The van der Waals surface area contributed by atoms with Crippen molar-refractivity contribution in [3.8, 4) is 0 Å². The van der Waals surface area contributed by atoms with Gasteiger partial charge in [-0.15, -0.1) is 0 Å². The van der Waals surface area contributed by atoms with Crippen LogP contribution in [0.1, 0.15) is 46.0 Å². The van der Waals surface area contributed by atoms with Gasteiger partial charge in [0.25, 0.3) is 0 Å². The van der Waals surface area contributed by atoms with Crippen molar-refractivity contribution in [2.75, 3.05) is 6.61 Å². The van der Waals surface area contributed by atoms with E-state index < -0.39 is 11.9 Å². The highest BCUT2D eigenvalue weighted by Crippen LogP contribution is 2.43. The second kappa shape index (κ2) is 6.93. The maximum absolute atomic E-state index is 13.4. The van der Waals surface area contributed by atoms with Gasteiger partial charge in [0.1, 0.15) is 0 Å². The Morgan fingerprint density at radius 2 is 1.57 bits per heavy atom. The van der Waals surface area contributed by atoms with Crippen molar-refractivity contribution in [3.63, 3.8) is 0 Å². The molecule has 2 aliphatic rings. The van der Waals surface area contributed by atoms with Crippen LogP contribution in [0.25, 0.3) is 0 Å². The normalized spacial score (nSPS) is 18.4. The number of nitrogens with one attached hydrogen (secondary N) is 1. The molecule has 2 aromatic carbocycles. The molecule has 1 N–H and O–H groups in total. The van der Waals surface area contributed by atoms with Gasteiger partial charge in [-0.05, 0) is 19.4 Å². The number of rotatable bonds is 3. The highest BCUT2D eigenvalue weighted by Gasteiger charge is 2.43. The van der Waals surface area contributed by atoms with Gasteiger partial charge in [-0.1, -0.05) is 54.6 Å². The van der Waals surface area contributed by atoms with E-state index in [1.54, 1.807) is 38.1 Å². The van der Waals surface area contributed by atoms with Crippen LogP contribution >= 0.6 is 0 Å². The van der Waals surface area contributed by atoms with E-state index in [1.807, 2.05) is 30.3 Å². The fourth-order valence-corrected chi connectivity index (χ4v) is 3.87. The van der Waals surface area contributed by atoms with Crippen LogP contribution in [0.15, 0.2) is 77.1 Å². The van der Waals surface area contributed by atoms with Crippen LogP contribution in [0.5, 0.6) is 0 Å². The fraction of sp³-hybridized carbons (Fsp3) is 0.174. The van der Waals surface area contributed by atoms with Gasteiger partial charge in [-0.3, -0.25) is 9.59 Å². The molecule has 0 saturated carbocycles. The first-order chi connectivity index (χ1) is 13.5. The van der Waals surface area contributed by atoms with Crippen molar-refractivity contribution in [3.05, 3.63) is 93.8 Å². The lowest BCUT2D eigenvalue weighted by atomic mass is 9.73. The van der Waals surface area contributed by atoms with Crippen LogP contribution in [-0.2, 0) is 9.53 Å². The average Bonchev–Trinajstić information content (AvgIpc) is 2.72. The Labute approximate surface area is 162 Å². The summed E-state index contributed by atoms with van der Waals surface area (Å²) in [6, 6.07) is 16.0. The fourth-order valence-electron chi connectivity index (χ4n) is 3.87. The van der Waals surface area contributed by atoms with Crippen molar-refractivity contribution < 1.29 is 19.1 Å². The molecular weight excluding hydrogens is 354 g/mol. The van der Waals surface area contributed by atoms with Gasteiger partial charge in [0, 0.05) is 28.3 Å². The van der Waals surface area contributed by atoms with E-state index in [-0.39, 0.29) is 23.9 Å². The summed E-state index contributed by atoms with van der Waals surface area (Å²) < 4.78 is 5.26. The highest BCUT2D eigenvalue weighted by atomic mass is 16.5. The molecule has 0 amide bonds. The smallest absolute Gasteiger partial charge is 0.336 e. The molecule has 0 saturated heterocycles. The zero-order valence-corrected chi connectivity index (χ0v) is 15.6. The van der Waals surface area contributed by atoms with Gasteiger partial charge in [0.15, 0.2) is 5.78 Å². The first-order valence-corrected chi connectivity index (χ1v) is 9.17. The molecule has 1 unspecified atom stereocenters. The number of esters is 1. The third-order valence-electron chi connectivity index (χ3n) is 5.08. The van der Waals surface area contributed by atoms with Gasteiger partial charge >= 0.3 is 5.97 Å². The molecule has 140 valence electrons. The Balaban J connectivity index is 1.95. The number of benzene rings is 2. The van der Waals surface area contributed by atoms with Gasteiger partial charge in [-0.25, -0.2) is 4.79 Å². The monoisotopic (exact) mass is 373 g/mol. The third kappa shape index (κ3) is 2.67. The maximum atomic E-state index is 13.4. The Morgan fingerprint density at radius 1 is 0.964 bits per heavy atom. The van der Waals surface area contributed by atoms with Gasteiger partial charge in [-0.2, -0.15) is 0 Å². The van der Waals surface area contributed by atoms with Crippen LogP contribution in [0.2, 0.25) is 0 Å². The molecule has 1 aliphatic carbocycles. The van der Waals surface area contributed by atoms with Gasteiger partial charge in [0.2, 0.25) is 5.78 Å². The molecule has 0 fully saturated rings. The molecule has 4 rings (SSSR count). The highest BCUT2D eigenvalue weighted by molar-refractivity contribution is 6.28. The minimum absolute atomic E-state index is 0.221. The molecule has 5 heteroatoms. The van der Waals surface area contributed by atoms with E-state index in [0.29, 0.717) is 28.0 Å². The lowest BCUT2D eigenvalue weighted by molar-refractivity contribution is -0.138. The largest absolute Gasteiger partial charge is 0.463 e. The predicted molar refractivity (Wildman–Crippen MR) is 104 cm³/mol. The second-order valence-electron chi connectivity index (χ2n) is 6.72. The van der Waals surface area contributed by atoms with E-state index in [4.69, 9.17) is 4.74 Å². The van der Waals surface area contributed by atoms with Crippen molar-refractivity contribution in [2.24, 2.45) is 0 Å². The summed E-state index contributed by atoms with van der Waals surface area (Å²) in [5, 5.41) is 3.02. The summed E-state index contributed by atoms with van der Waals surface area (Å²) >= 11 is 0. The lowest BCUT2D eigenvalue weighted by Gasteiger charge is -2.33. The van der Waals surface area contributed by atoms with Crippen LogP contribution in [0, 0.1) is 0 Å². The summed E-state index contributed by atoms with van der Waals surface area (Å²) in [5.41, 5.74) is 2.90. The number of carbonyl (C=O) groups is 3. The van der Waals surface area contributed by atoms with E-state index in [9.17, 15) is 14.4 Å². The van der Waals surface area contributed by atoms with Crippen molar-refractivity contribution in [1.82, 2.24) is 5.32 Å². The van der Waals surface area contributed by atoms with E-state index in [1.165, 1.54) is 0 Å². The zero-order valence-electron chi connectivity index (χ0n) is 15.6. The number of fused-ring (bicyclic) bond motifs is 1. The van der Waals surface area contributed by atoms with Crippen molar-refractivity contribution in [1.29, 1.82) is 0 Å². The quantitative estimate of drug-likeness (QED) is 0.833. The Morgan fingerprint density at radius 3 is 2.21 bits per heavy atom. The molecule has 0 aromatic heterocycles. The molecular formula is C23H19NO4. The molecule has 5 nitrogen and oxygen atoms in total. The molecule has 2 aromatic rings. The Bertz CT molecular complexity index is 1060. The van der Waals surface area contributed by atoms with Gasteiger partial charge < -0.3 is 10.1 Å². The van der Waals surface area contributed by atoms with E-state index >= 15 is 0 Å². The van der Waals surface area contributed by atoms with Crippen LogP contribution < -0.4 is 5.32 Å². The number of carbonyl (C=O) groups excluding carboxylic acids is 3. The molecule has 0 bridgehead atoms. The second-order valence-corrected chi connectivity index (χ2v) is 6.72. The number of ketones is 2. The Kier molecular flexibility index (Phi) is 4.43. The first kappa shape index (κ1) is 17.9. The molecule has 0 radical (unpaired) electrons. The predicted octanol–water partition coefficient (Wildman–Crippen LogP) is 3.54. The number of ether oxygens (including phenoxy) is 1. The van der Waals surface area contributed by atoms with Crippen LogP contribution in [-0.4, -0.2) is 24.1 Å². The van der Waals surface area contributed by atoms with Crippen LogP contribution in [0.3, 0.4) is 0 Å². The molecule has 1 heterocycles. The summed E-state index contributed by atoms with van der Waals surface area (Å²) in [5.74, 6) is -1.65. The number of dihydropyridines is 1. The summed E-state index contributed by atoms with van der Waals surface area (Å²) in [7, 11) is 0. The summed E-state index contributed by atoms with van der Waals surface area (Å²) in [6.07, 6.45) is 0. The van der Waals surface area contributed by atoms with Gasteiger partial charge in [0.05, 0.1) is 17.9 Å². The Hall–Kier alpha value is -3.47. The first-order valence-electron chi connectivity index (χ1n) is 9.17. The lowest BCUT2D eigenvalue weighted by Crippen LogP contribution is -2.38. The third-order valence-corrected chi connectivity index (χ3v) is 5.08. The molecule has 0 spiro atoms. The molecule has 1 atom stereocenters. The van der Waals surface area contributed by atoms with E-state index in [2.05, 4.69) is 5.32 Å². The van der Waals surface area contributed by atoms with Crippen LogP contribution in [0.4, 0.5) is 0 Å². The number of allylic oxidation sites excluding steroid dienone is 3. The zero-order chi connectivity index (χ0) is 19.8. The van der Waals surface area contributed by atoms with E-state index in [0.717, 1.165) is 5.56 Å². The SMILES string of the molecule is CCOC(=O)C1=C(C)NC2=C(C(=O)c3ccccc3C2=O)C1c1ccccc1. The number of Topliss-reactive ketones (excluding diaryl/α,β-unsaturated/α-hetero) is 2. The summed E-state index contributed by atoms with van der Waals surface area (Å²) in [4.78, 5) is 39.3.